The highest BCUT2D eigenvalue weighted by Gasteiger charge is 2.66. The second-order valence-electron chi connectivity index (χ2n) is 7.36. The average molecular weight is 316 g/mol. The third-order valence-corrected chi connectivity index (χ3v) is 5.96. The summed E-state index contributed by atoms with van der Waals surface area (Å²) in [6, 6.07) is 15.2. The highest BCUT2D eigenvalue weighted by atomic mass is 16.2. The van der Waals surface area contributed by atoms with Gasteiger partial charge in [-0.2, -0.15) is 0 Å². The molecule has 1 aromatic heterocycles. The molecule has 1 saturated carbocycles. The third-order valence-electron chi connectivity index (χ3n) is 5.96. The van der Waals surface area contributed by atoms with Gasteiger partial charge in [-0.05, 0) is 48.1 Å². The van der Waals surface area contributed by atoms with E-state index in [4.69, 9.17) is 0 Å². The summed E-state index contributed by atoms with van der Waals surface area (Å²) in [5.41, 5.74) is 5.69. The summed E-state index contributed by atoms with van der Waals surface area (Å²) in [7, 11) is 3.98. The topological polar surface area (TPSA) is 25.2 Å². The summed E-state index contributed by atoms with van der Waals surface area (Å²) in [6.45, 7) is 2.10. The van der Waals surface area contributed by atoms with Crippen molar-refractivity contribution in [3.63, 3.8) is 0 Å². The number of carbonyl (C=O) groups excluding carboxylic acids is 1. The average Bonchev–Trinajstić information content (AvgIpc) is 3.19. The molecule has 3 heteroatoms. The van der Waals surface area contributed by atoms with Gasteiger partial charge in [0.05, 0.1) is 5.41 Å². The predicted octanol–water partition coefficient (Wildman–Crippen LogP) is 3.89. The molecule has 5 rings (SSSR count). The number of nitrogens with zero attached hydrogens (tertiary/aromatic N) is 2. The van der Waals surface area contributed by atoms with E-state index in [2.05, 4.69) is 67.2 Å². The van der Waals surface area contributed by atoms with Crippen LogP contribution in [0.15, 0.2) is 48.7 Å². The van der Waals surface area contributed by atoms with Crippen molar-refractivity contribution in [2.24, 2.45) is 7.05 Å². The van der Waals surface area contributed by atoms with Gasteiger partial charge in [-0.25, -0.2) is 0 Å². The first kappa shape index (κ1) is 13.8. The molecular formula is C21H20N2O. The minimum absolute atomic E-state index is 0.250. The number of anilines is 1. The summed E-state index contributed by atoms with van der Waals surface area (Å²) in [6.07, 6.45) is 3.01. The zero-order valence-corrected chi connectivity index (χ0v) is 14.2. The first-order valence-electron chi connectivity index (χ1n) is 8.46. The van der Waals surface area contributed by atoms with Crippen LogP contribution in [0.3, 0.4) is 0 Å². The molecule has 2 aliphatic rings. The number of benzene rings is 2. The van der Waals surface area contributed by atoms with Crippen LogP contribution >= 0.6 is 0 Å². The van der Waals surface area contributed by atoms with Crippen molar-refractivity contribution in [1.29, 1.82) is 0 Å². The zero-order valence-electron chi connectivity index (χ0n) is 14.2. The molecule has 0 N–H and O–H groups in total. The quantitative estimate of drug-likeness (QED) is 0.668. The fourth-order valence-corrected chi connectivity index (χ4v) is 4.52. The van der Waals surface area contributed by atoms with E-state index >= 15 is 0 Å². The number of hydrogen-bond donors (Lipinski definition) is 0. The fourth-order valence-electron chi connectivity index (χ4n) is 4.52. The van der Waals surface area contributed by atoms with Gasteiger partial charge < -0.3 is 9.47 Å². The van der Waals surface area contributed by atoms with Crippen LogP contribution in [-0.4, -0.2) is 17.5 Å². The Balaban J connectivity index is 1.65. The second kappa shape index (κ2) is 4.29. The highest BCUT2D eigenvalue weighted by molar-refractivity contribution is 6.11. The summed E-state index contributed by atoms with van der Waals surface area (Å²) in [5.74, 6) is 0.537. The molecule has 1 amide bonds. The fraction of sp³-hybridized carbons (Fsp3) is 0.286. The smallest absolute Gasteiger partial charge is 0.238 e. The standard InChI is InChI=1S/C21H20N2O/c1-13-4-7-18-16(10-13)21(20(24)23(18)3)12-17(21)15-6-5-14-8-9-22(2)19(14)11-15/h4-11,17H,12H2,1-3H3/t17-,21-/m1/s1. The van der Waals surface area contributed by atoms with Gasteiger partial charge in [0.2, 0.25) is 5.91 Å². The van der Waals surface area contributed by atoms with Crippen molar-refractivity contribution in [1.82, 2.24) is 4.57 Å². The maximum Gasteiger partial charge on any atom is 0.238 e. The second-order valence-corrected chi connectivity index (χ2v) is 7.36. The monoisotopic (exact) mass is 316 g/mol. The van der Waals surface area contributed by atoms with Crippen LogP contribution in [0.4, 0.5) is 5.69 Å². The number of rotatable bonds is 1. The van der Waals surface area contributed by atoms with E-state index in [9.17, 15) is 4.79 Å². The molecule has 0 saturated heterocycles. The third kappa shape index (κ3) is 1.55. The van der Waals surface area contributed by atoms with Crippen LogP contribution in [0, 0.1) is 6.92 Å². The molecule has 1 fully saturated rings. The molecule has 0 bridgehead atoms. The van der Waals surface area contributed by atoms with Gasteiger partial charge in [-0.15, -0.1) is 0 Å². The van der Waals surface area contributed by atoms with Crippen molar-refractivity contribution in [3.8, 4) is 0 Å². The number of hydrogen-bond acceptors (Lipinski definition) is 1. The van der Waals surface area contributed by atoms with Gasteiger partial charge in [-0.3, -0.25) is 4.79 Å². The first-order chi connectivity index (χ1) is 11.5. The SMILES string of the molecule is Cc1ccc2c(c1)[C@@]1(C[C@@H]1c1ccc3ccn(C)c3c1)C(=O)N2C. The number of aromatic nitrogens is 1. The molecule has 1 aliphatic heterocycles. The van der Waals surface area contributed by atoms with E-state index in [-0.39, 0.29) is 17.2 Å². The summed E-state index contributed by atoms with van der Waals surface area (Å²) in [4.78, 5) is 14.9. The van der Waals surface area contributed by atoms with Crippen LogP contribution in [0.25, 0.3) is 10.9 Å². The Labute approximate surface area is 141 Å². The maximum atomic E-state index is 13.0. The highest BCUT2D eigenvalue weighted by Crippen LogP contribution is 2.66. The van der Waals surface area contributed by atoms with Gasteiger partial charge in [0.15, 0.2) is 0 Å². The Morgan fingerprint density at radius 1 is 1.08 bits per heavy atom. The molecule has 2 atom stereocenters. The molecule has 3 nitrogen and oxygen atoms in total. The van der Waals surface area contributed by atoms with Gasteiger partial charge in [-0.1, -0.05) is 29.8 Å². The van der Waals surface area contributed by atoms with Crippen molar-refractivity contribution >= 4 is 22.5 Å². The Kier molecular flexibility index (Phi) is 2.48. The maximum absolute atomic E-state index is 13.0. The van der Waals surface area contributed by atoms with Gasteiger partial charge >= 0.3 is 0 Å². The van der Waals surface area contributed by atoms with Crippen LogP contribution in [0.1, 0.15) is 29.0 Å². The van der Waals surface area contributed by atoms with Crippen LogP contribution < -0.4 is 4.90 Å². The molecular weight excluding hydrogens is 296 g/mol. The first-order valence-corrected chi connectivity index (χ1v) is 8.46. The predicted molar refractivity (Wildman–Crippen MR) is 96.5 cm³/mol. The molecule has 24 heavy (non-hydrogen) atoms. The van der Waals surface area contributed by atoms with Crippen molar-refractivity contribution < 1.29 is 4.79 Å². The van der Waals surface area contributed by atoms with Crippen molar-refractivity contribution in [2.75, 3.05) is 11.9 Å². The number of aryl methyl sites for hydroxylation is 2. The lowest BCUT2D eigenvalue weighted by atomic mass is 9.91. The van der Waals surface area contributed by atoms with E-state index < -0.39 is 0 Å². The minimum Gasteiger partial charge on any atom is -0.351 e. The van der Waals surface area contributed by atoms with E-state index in [1.54, 1.807) is 0 Å². The molecule has 1 spiro atoms. The summed E-state index contributed by atoms with van der Waals surface area (Å²) in [5, 5.41) is 1.25. The van der Waals surface area contributed by atoms with Crippen molar-refractivity contribution in [2.45, 2.75) is 24.7 Å². The Hall–Kier alpha value is -2.55. The number of carbonyl (C=O) groups is 1. The Morgan fingerprint density at radius 2 is 1.92 bits per heavy atom. The minimum atomic E-state index is -0.338. The zero-order chi connectivity index (χ0) is 16.6. The number of likely N-dealkylation sites (N-methyl/N-ethyl adjacent to an activating group) is 1. The lowest BCUT2D eigenvalue weighted by Crippen LogP contribution is -2.29. The van der Waals surface area contributed by atoms with E-state index in [1.165, 1.54) is 27.6 Å². The van der Waals surface area contributed by atoms with E-state index in [0.717, 1.165) is 12.1 Å². The van der Waals surface area contributed by atoms with Crippen molar-refractivity contribution in [3.05, 3.63) is 65.4 Å². The normalized spacial score (nSPS) is 24.9. The molecule has 0 radical (unpaired) electrons. The molecule has 0 unspecified atom stereocenters. The van der Waals surface area contributed by atoms with Gasteiger partial charge in [0.25, 0.3) is 0 Å². The molecule has 120 valence electrons. The van der Waals surface area contributed by atoms with Crippen LogP contribution in [0.5, 0.6) is 0 Å². The lowest BCUT2D eigenvalue weighted by molar-refractivity contribution is -0.120. The van der Waals surface area contributed by atoms with Gasteiger partial charge in [0, 0.05) is 37.4 Å². The number of fused-ring (bicyclic) bond motifs is 3. The summed E-state index contributed by atoms with van der Waals surface area (Å²) >= 11 is 0. The summed E-state index contributed by atoms with van der Waals surface area (Å²) < 4.78 is 2.15. The Bertz CT molecular complexity index is 1020. The van der Waals surface area contributed by atoms with Crippen LogP contribution in [-0.2, 0) is 17.3 Å². The van der Waals surface area contributed by atoms with E-state index in [0.29, 0.717) is 0 Å². The Morgan fingerprint density at radius 3 is 2.75 bits per heavy atom. The van der Waals surface area contributed by atoms with Crippen LogP contribution in [0.2, 0.25) is 0 Å². The number of amides is 1. The van der Waals surface area contributed by atoms with Gasteiger partial charge in [0.1, 0.15) is 0 Å². The lowest BCUT2D eigenvalue weighted by Gasteiger charge is -2.11. The molecule has 3 aromatic rings. The largest absolute Gasteiger partial charge is 0.351 e. The molecule has 2 heterocycles. The van der Waals surface area contributed by atoms with E-state index in [1.807, 2.05) is 11.9 Å². The molecule has 1 aliphatic carbocycles. The molecule has 2 aromatic carbocycles.